The molecule has 13 heavy (non-hydrogen) atoms. The maximum Gasteiger partial charge on any atom is 0.325 e. The van der Waals surface area contributed by atoms with Gasteiger partial charge in [0, 0.05) is 6.54 Å². The molecule has 0 aromatic rings. The molecule has 0 atom stereocenters. The molecule has 0 amide bonds. The number of nitrogens with one attached hydrogen (secondary N) is 2. The molecule has 4 nitrogen and oxygen atoms in total. The van der Waals surface area contributed by atoms with Gasteiger partial charge < -0.3 is 15.4 Å². The Morgan fingerprint density at radius 3 is 2.69 bits per heavy atom. The van der Waals surface area contributed by atoms with Crippen molar-refractivity contribution in [1.29, 1.82) is 0 Å². The van der Waals surface area contributed by atoms with E-state index in [0.717, 1.165) is 19.4 Å². The first-order valence-electron chi connectivity index (χ1n) is 4.29. The Morgan fingerprint density at radius 2 is 2.15 bits per heavy atom. The molecule has 0 aromatic heterocycles. The van der Waals surface area contributed by atoms with Crippen LogP contribution in [-0.2, 0) is 9.53 Å². The smallest absolute Gasteiger partial charge is 0.325 e. The third kappa shape index (κ3) is 7.52. The standard InChI is InChI=1S/C8H16N2O2S/c1-3-4-5-9-8(13)10-6-7(11)12-2/h3-6H2,1-2H3,(H2,9,10,13). The van der Waals surface area contributed by atoms with Crippen LogP contribution in [0.2, 0.25) is 0 Å². The predicted octanol–water partition coefficient (Wildman–Crippen LogP) is 0.424. The van der Waals surface area contributed by atoms with Gasteiger partial charge in [0.2, 0.25) is 0 Å². The van der Waals surface area contributed by atoms with E-state index in [1.54, 1.807) is 0 Å². The molecule has 0 heterocycles. The van der Waals surface area contributed by atoms with E-state index in [-0.39, 0.29) is 12.5 Å². The largest absolute Gasteiger partial charge is 0.468 e. The third-order valence-electron chi connectivity index (χ3n) is 1.44. The highest BCUT2D eigenvalue weighted by atomic mass is 32.1. The number of methoxy groups -OCH3 is 1. The number of carbonyl (C=O) groups excluding carboxylic acids is 1. The summed E-state index contributed by atoms with van der Waals surface area (Å²) in [4.78, 5) is 10.7. The van der Waals surface area contributed by atoms with Crippen molar-refractivity contribution in [2.24, 2.45) is 0 Å². The van der Waals surface area contributed by atoms with E-state index in [0.29, 0.717) is 5.11 Å². The van der Waals surface area contributed by atoms with Crippen molar-refractivity contribution in [2.75, 3.05) is 20.2 Å². The normalized spacial score (nSPS) is 9.08. The maximum absolute atomic E-state index is 10.7. The summed E-state index contributed by atoms with van der Waals surface area (Å²) in [5, 5.41) is 6.21. The quantitative estimate of drug-likeness (QED) is 0.386. The molecule has 2 N–H and O–H groups in total. The SMILES string of the molecule is CCCCNC(=S)NCC(=O)OC. The van der Waals surface area contributed by atoms with Gasteiger partial charge in [-0.1, -0.05) is 13.3 Å². The third-order valence-corrected chi connectivity index (χ3v) is 1.73. The molecule has 0 aliphatic carbocycles. The molecule has 0 unspecified atom stereocenters. The van der Waals surface area contributed by atoms with Crippen LogP contribution < -0.4 is 10.6 Å². The first-order valence-corrected chi connectivity index (χ1v) is 4.70. The molecular formula is C8H16N2O2S. The van der Waals surface area contributed by atoms with Gasteiger partial charge in [-0.3, -0.25) is 4.79 Å². The summed E-state index contributed by atoms with van der Waals surface area (Å²) >= 11 is 4.90. The molecular weight excluding hydrogens is 188 g/mol. The van der Waals surface area contributed by atoms with Gasteiger partial charge in [-0.05, 0) is 18.6 Å². The molecule has 76 valence electrons. The molecule has 0 spiro atoms. The highest BCUT2D eigenvalue weighted by molar-refractivity contribution is 7.80. The van der Waals surface area contributed by atoms with Crippen LogP contribution in [0, 0.1) is 0 Å². The average Bonchev–Trinajstić information content (AvgIpc) is 2.14. The minimum atomic E-state index is -0.320. The molecule has 0 saturated heterocycles. The van der Waals surface area contributed by atoms with E-state index in [1.165, 1.54) is 7.11 Å². The van der Waals surface area contributed by atoms with Crippen LogP contribution in [0.5, 0.6) is 0 Å². The van der Waals surface area contributed by atoms with Crippen LogP contribution in [0.4, 0.5) is 0 Å². The van der Waals surface area contributed by atoms with E-state index in [2.05, 4.69) is 22.3 Å². The number of hydrogen-bond acceptors (Lipinski definition) is 3. The molecule has 0 fully saturated rings. The van der Waals surface area contributed by atoms with Crippen molar-refractivity contribution in [1.82, 2.24) is 10.6 Å². The van der Waals surface area contributed by atoms with E-state index in [1.807, 2.05) is 0 Å². The summed E-state index contributed by atoms with van der Waals surface area (Å²) < 4.78 is 4.44. The van der Waals surface area contributed by atoms with Crippen molar-refractivity contribution in [3.63, 3.8) is 0 Å². The van der Waals surface area contributed by atoms with Crippen LogP contribution in [-0.4, -0.2) is 31.3 Å². The van der Waals surface area contributed by atoms with E-state index < -0.39 is 0 Å². The van der Waals surface area contributed by atoms with Gasteiger partial charge in [-0.15, -0.1) is 0 Å². The Morgan fingerprint density at radius 1 is 1.46 bits per heavy atom. The summed E-state index contributed by atoms with van der Waals surface area (Å²) in [6.07, 6.45) is 2.19. The zero-order chi connectivity index (χ0) is 10.1. The van der Waals surface area contributed by atoms with Crippen LogP contribution in [0.1, 0.15) is 19.8 Å². The summed E-state index contributed by atoms with van der Waals surface area (Å²) in [5.74, 6) is -0.320. The van der Waals surface area contributed by atoms with E-state index >= 15 is 0 Å². The lowest BCUT2D eigenvalue weighted by atomic mass is 10.3. The number of carbonyl (C=O) groups is 1. The summed E-state index contributed by atoms with van der Waals surface area (Å²) in [5.41, 5.74) is 0. The Balaban J connectivity index is 3.35. The molecule has 0 aliphatic heterocycles. The lowest BCUT2D eigenvalue weighted by molar-refractivity contribution is -0.139. The topological polar surface area (TPSA) is 50.4 Å². The van der Waals surface area contributed by atoms with Crippen LogP contribution in [0.25, 0.3) is 0 Å². The van der Waals surface area contributed by atoms with Crippen LogP contribution in [0.3, 0.4) is 0 Å². The maximum atomic E-state index is 10.7. The Bertz CT molecular complexity index is 174. The van der Waals surface area contributed by atoms with Crippen molar-refractivity contribution >= 4 is 23.3 Å². The zero-order valence-corrected chi connectivity index (χ0v) is 8.87. The van der Waals surface area contributed by atoms with Crippen molar-refractivity contribution < 1.29 is 9.53 Å². The first-order chi connectivity index (χ1) is 6.20. The Hall–Kier alpha value is -0.840. The fourth-order valence-electron chi connectivity index (χ4n) is 0.666. The number of esters is 1. The number of thiocarbonyl (C=S) groups is 1. The summed E-state index contributed by atoms with van der Waals surface area (Å²) in [6.45, 7) is 3.06. The highest BCUT2D eigenvalue weighted by Crippen LogP contribution is 1.82. The van der Waals surface area contributed by atoms with Gasteiger partial charge in [-0.2, -0.15) is 0 Å². The van der Waals surface area contributed by atoms with E-state index in [4.69, 9.17) is 12.2 Å². The second kappa shape index (κ2) is 7.79. The van der Waals surface area contributed by atoms with Crippen LogP contribution >= 0.6 is 12.2 Å². The lowest BCUT2D eigenvalue weighted by Crippen LogP contribution is -2.38. The van der Waals surface area contributed by atoms with Gasteiger partial charge >= 0.3 is 5.97 Å². The van der Waals surface area contributed by atoms with E-state index in [9.17, 15) is 4.79 Å². The zero-order valence-electron chi connectivity index (χ0n) is 8.05. The second-order valence-electron chi connectivity index (χ2n) is 2.54. The van der Waals surface area contributed by atoms with Crippen molar-refractivity contribution in [3.8, 4) is 0 Å². The first kappa shape index (κ1) is 12.2. The molecule has 5 heteroatoms. The van der Waals surface area contributed by atoms with Crippen molar-refractivity contribution in [3.05, 3.63) is 0 Å². The number of unbranched alkanes of at least 4 members (excludes halogenated alkanes) is 1. The van der Waals surface area contributed by atoms with Gasteiger partial charge in [0.1, 0.15) is 6.54 Å². The minimum absolute atomic E-state index is 0.120. The number of ether oxygens (including phenoxy) is 1. The Kier molecular flexibility index (Phi) is 7.29. The minimum Gasteiger partial charge on any atom is -0.468 e. The lowest BCUT2D eigenvalue weighted by Gasteiger charge is -2.08. The van der Waals surface area contributed by atoms with Gasteiger partial charge in [-0.25, -0.2) is 0 Å². The Labute approximate surface area is 84.0 Å². The number of hydrogen-bond donors (Lipinski definition) is 2. The van der Waals surface area contributed by atoms with Crippen molar-refractivity contribution in [2.45, 2.75) is 19.8 Å². The summed E-state index contributed by atoms with van der Waals surface area (Å²) in [6, 6.07) is 0. The second-order valence-corrected chi connectivity index (χ2v) is 2.95. The summed E-state index contributed by atoms with van der Waals surface area (Å²) in [7, 11) is 1.34. The fraction of sp³-hybridized carbons (Fsp3) is 0.750. The fourth-order valence-corrected chi connectivity index (χ4v) is 0.840. The predicted molar refractivity (Wildman–Crippen MR) is 55.5 cm³/mol. The van der Waals surface area contributed by atoms with Gasteiger partial charge in [0.25, 0.3) is 0 Å². The molecule has 0 rings (SSSR count). The molecule has 0 saturated carbocycles. The molecule has 0 aliphatic rings. The van der Waals surface area contributed by atoms with Gasteiger partial charge in [0.05, 0.1) is 7.11 Å². The highest BCUT2D eigenvalue weighted by Gasteiger charge is 2.00. The molecule has 0 bridgehead atoms. The van der Waals surface area contributed by atoms with Gasteiger partial charge in [0.15, 0.2) is 5.11 Å². The average molecular weight is 204 g/mol. The molecule has 0 aromatic carbocycles. The molecule has 0 radical (unpaired) electrons. The monoisotopic (exact) mass is 204 g/mol. The van der Waals surface area contributed by atoms with Crippen LogP contribution in [0.15, 0.2) is 0 Å². The number of rotatable bonds is 5.